The van der Waals surface area contributed by atoms with Gasteiger partial charge in [0.1, 0.15) is 5.82 Å². The molecular formula is C12H10BrFN2O2S. The van der Waals surface area contributed by atoms with Crippen molar-refractivity contribution in [1.82, 2.24) is 0 Å². The molecule has 0 atom stereocenters. The van der Waals surface area contributed by atoms with Crippen molar-refractivity contribution in [3.05, 3.63) is 52.8 Å². The first-order valence-electron chi connectivity index (χ1n) is 5.22. The molecule has 0 saturated heterocycles. The summed E-state index contributed by atoms with van der Waals surface area (Å²) < 4.78 is 40.2. The molecule has 0 aliphatic heterocycles. The van der Waals surface area contributed by atoms with Crippen LogP contribution in [-0.4, -0.2) is 8.42 Å². The van der Waals surface area contributed by atoms with E-state index in [1.807, 2.05) is 0 Å². The number of nitrogen functional groups attached to an aromatic ring is 1. The molecule has 0 spiro atoms. The Balaban J connectivity index is 2.30. The van der Waals surface area contributed by atoms with Gasteiger partial charge in [-0.2, -0.15) is 0 Å². The fraction of sp³-hybridized carbons (Fsp3) is 0. The fourth-order valence-corrected chi connectivity index (χ4v) is 2.75. The summed E-state index contributed by atoms with van der Waals surface area (Å²) in [6, 6.07) is 9.79. The minimum absolute atomic E-state index is 0.110. The topological polar surface area (TPSA) is 72.2 Å². The van der Waals surface area contributed by atoms with E-state index < -0.39 is 15.8 Å². The van der Waals surface area contributed by atoms with Gasteiger partial charge in [0.2, 0.25) is 0 Å². The maximum absolute atomic E-state index is 13.0. The highest BCUT2D eigenvalue weighted by molar-refractivity contribution is 9.10. The molecule has 0 amide bonds. The van der Waals surface area contributed by atoms with E-state index in [9.17, 15) is 12.8 Å². The van der Waals surface area contributed by atoms with Crippen molar-refractivity contribution >= 4 is 37.3 Å². The minimum Gasteiger partial charge on any atom is -0.396 e. The largest absolute Gasteiger partial charge is 0.396 e. The smallest absolute Gasteiger partial charge is 0.261 e. The predicted molar refractivity (Wildman–Crippen MR) is 75.8 cm³/mol. The first kappa shape index (κ1) is 13.8. The van der Waals surface area contributed by atoms with E-state index in [-0.39, 0.29) is 16.3 Å². The van der Waals surface area contributed by atoms with Crippen LogP contribution in [0.5, 0.6) is 0 Å². The molecule has 0 bridgehead atoms. The van der Waals surface area contributed by atoms with Gasteiger partial charge in [-0.1, -0.05) is 15.9 Å². The summed E-state index contributed by atoms with van der Waals surface area (Å²) in [5, 5.41) is 0. The second-order valence-electron chi connectivity index (χ2n) is 3.80. The second kappa shape index (κ2) is 5.18. The molecule has 2 rings (SSSR count). The summed E-state index contributed by atoms with van der Waals surface area (Å²) in [4.78, 5) is 0.110. The number of anilines is 2. The Bertz CT molecular complexity index is 702. The van der Waals surface area contributed by atoms with Crippen LogP contribution in [0.3, 0.4) is 0 Å². The average Bonchev–Trinajstić information content (AvgIpc) is 2.34. The quantitative estimate of drug-likeness (QED) is 0.840. The Labute approximate surface area is 118 Å². The van der Waals surface area contributed by atoms with Crippen molar-refractivity contribution in [3.8, 4) is 0 Å². The van der Waals surface area contributed by atoms with Crippen LogP contribution in [0.15, 0.2) is 51.8 Å². The van der Waals surface area contributed by atoms with Gasteiger partial charge in [-0.3, -0.25) is 4.72 Å². The van der Waals surface area contributed by atoms with Crippen molar-refractivity contribution in [3.63, 3.8) is 0 Å². The molecule has 0 saturated carbocycles. The molecule has 0 aliphatic rings. The second-order valence-corrected chi connectivity index (χ2v) is 6.39. The predicted octanol–water partition coefficient (Wildman–Crippen LogP) is 2.97. The zero-order valence-electron chi connectivity index (χ0n) is 9.60. The lowest BCUT2D eigenvalue weighted by Gasteiger charge is -2.09. The Morgan fingerprint density at radius 3 is 2.32 bits per heavy atom. The molecule has 100 valence electrons. The highest BCUT2D eigenvalue weighted by Crippen LogP contribution is 2.21. The van der Waals surface area contributed by atoms with Crippen LogP contribution in [0, 0.1) is 5.82 Å². The number of nitrogens with one attached hydrogen (secondary N) is 1. The van der Waals surface area contributed by atoms with E-state index in [0.29, 0.717) is 0 Å². The van der Waals surface area contributed by atoms with Crippen LogP contribution in [-0.2, 0) is 10.0 Å². The van der Waals surface area contributed by atoms with E-state index >= 15 is 0 Å². The third-order valence-electron chi connectivity index (χ3n) is 2.37. The molecule has 0 unspecified atom stereocenters. The van der Waals surface area contributed by atoms with Crippen LogP contribution in [0.25, 0.3) is 0 Å². The molecule has 0 radical (unpaired) electrons. The number of halogens is 2. The molecule has 7 heteroatoms. The molecule has 4 nitrogen and oxygen atoms in total. The summed E-state index contributed by atoms with van der Waals surface area (Å²) >= 11 is 3.22. The Morgan fingerprint density at radius 1 is 1.11 bits per heavy atom. The summed E-state index contributed by atoms with van der Waals surface area (Å²) in [5.74, 6) is -0.591. The van der Waals surface area contributed by atoms with E-state index in [1.165, 1.54) is 24.3 Å². The summed E-state index contributed by atoms with van der Waals surface area (Å²) in [5.41, 5.74) is 5.48. The van der Waals surface area contributed by atoms with Gasteiger partial charge in [-0.25, -0.2) is 12.8 Å². The van der Waals surface area contributed by atoms with E-state index in [2.05, 4.69) is 20.7 Å². The molecule has 0 heterocycles. The molecule has 3 N–H and O–H groups in total. The van der Waals surface area contributed by atoms with Gasteiger partial charge in [0.25, 0.3) is 10.0 Å². The van der Waals surface area contributed by atoms with Gasteiger partial charge in [-0.05, 0) is 42.5 Å². The Morgan fingerprint density at radius 2 is 1.74 bits per heavy atom. The first-order chi connectivity index (χ1) is 8.88. The SMILES string of the molecule is Nc1cc(NS(=O)(=O)c2ccc(Br)cc2)ccc1F. The summed E-state index contributed by atoms with van der Waals surface area (Å²) in [6.45, 7) is 0. The Kier molecular flexibility index (Phi) is 3.77. The fourth-order valence-electron chi connectivity index (χ4n) is 1.44. The highest BCUT2D eigenvalue weighted by Gasteiger charge is 2.14. The van der Waals surface area contributed by atoms with Crippen LogP contribution >= 0.6 is 15.9 Å². The van der Waals surface area contributed by atoms with Gasteiger partial charge in [0, 0.05) is 4.47 Å². The number of benzene rings is 2. The number of hydrogen-bond acceptors (Lipinski definition) is 3. The van der Waals surface area contributed by atoms with Crippen molar-refractivity contribution in [2.75, 3.05) is 10.5 Å². The average molecular weight is 345 g/mol. The zero-order valence-corrected chi connectivity index (χ0v) is 12.0. The molecule has 19 heavy (non-hydrogen) atoms. The number of nitrogens with two attached hydrogens (primary N) is 1. The van der Waals surface area contributed by atoms with Crippen molar-refractivity contribution in [1.29, 1.82) is 0 Å². The highest BCUT2D eigenvalue weighted by atomic mass is 79.9. The third-order valence-corrected chi connectivity index (χ3v) is 4.30. The van der Waals surface area contributed by atoms with Crippen LogP contribution < -0.4 is 10.5 Å². The van der Waals surface area contributed by atoms with Gasteiger partial charge in [-0.15, -0.1) is 0 Å². The molecule has 0 aromatic heterocycles. The zero-order chi connectivity index (χ0) is 14.0. The standard InChI is InChI=1S/C12H10BrFN2O2S/c13-8-1-4-10(5-2-8)19(17,18)16-9-3-6-11(14)12(15)7-9/h1-7,16H,15H2. The first-order valence-corrected chi connectivity index (χ1v) is 7.49. The maximum Gasteiger partial charge on any atom is 0.261 e. The molecule has 2 aromatic rings. The molecule has 2 aromatic carbocycles. The Hall–Kier alpha value is -1.60. The lowest BCUT2D eigenvalue weighted by atomic mass is 10.3. The number of sulfonamides is 1. The van der Waals surface area contributed by atoms with Crippen molar-refractivity contribution < 1.29 is 12.8 Å². The summed E-state index contributed by atoms with van der Waals surface area (Å²) in [6.07, 6.45) is 0. The van der Waals surface area contributed by atoms with Crippen molar-refractivity contribution in [2.24, 2.45) is 0 Å². The monoisotopic (exact) mass is 344 g/mol. The van der Waals surface area contributed by atoms with Gasteiger partial charge in [0.15, 0.2) is 0 Å². The molecular weight excluding hydrogens is 335 g/mol. The van der Waals surface area contributed by atoms with Gasteiger partial charge >= 0.3 is 0 Å². The van der Waals surface area contributed by atoms with E-state index in [4.69, 9.17) is 5.73 Å². The minimum atomic E-state index is -3.71. The van der Waals surface area contributed by atoms with Gasteiger partial charge in [0.05, 0.1) is 16.3 Å². The number of hydrogen-bond donors (Lipinski definition) is 2. The molecule has 0 aliphatic carbocycles. The third kappa shape index (κ3) is 3.24. The summed E-state index contributed by atoms with van der Waals surface area (Å²) in [7, 11) is -3.71. The van der Waals surface area contributed by atoms with E-state index in [1.54, 1.807) is 12.1 Å². The lowest BCUT2D eigenvalue weighted by Crippen LogP contribution is -2.13. The molecule has 0 fully saturated rings. The van der Waals surface area contributed by atoms with Crippen LogP contribution in [0.1, 0.15) is 0 Å². The van der Waals surface area contributed by atoms with Crippen LogP contribution in [0.4, 0.5) is 15.8 Å². The number of rotatable bonds is 3. The lowest BCUT2D eigenvalue weighted by molar-refractivity contribution is 0.601. The van der Waals surface area contributed by atoms with Gasteiger partial charge < -0.3 is 5.73 Å². The maximum atomic E-state index is 13.0. The van der Waals surface area contributed by atoms with Crippen LogP contribution in [0.2, 0.25) is 0 Å². The van der Waals surface area contributed by atoms with Crippen molar-refractivity contribution in [2.45, 2.75) is 4.90 Å². The van der Waals surface area contributed by atoms with E-state index in [0.717, 1.165) is 10.5 Å². The normalized spacial score (nSPS) is 11.3.